The normalized spacial score (nSPS) is 15.4. The molecule has 1 amide bonds. The largest absolute Gasteiger partial charge is 0.431 e. The van der Waals surface area contributed by atoms with Crippen LogP contribution in [0.5, 0.6) is 0 Å². The Hall–Kier alpha value is -1.82. The number of hydrogen-bond donors (Lipinski definition) is 1. The Bertz CT molecular complexity index is 666. The monoisotopic (exact) mass is 348 g/mol. The first kappa shape index (κ1) is 17.0. The van der Waals surface area contributed by atoms with Crippen LogP contribution in [0, 0.1) is 11.7 Å². The average Bonchev–Trinajstić information content (AvgIpc) is 3.09. The molecule has 6 heteroatoms. The molecule has 1 aliphatic rings. The zero-order chi connectivity index (χ0) is 16.8. The molecule has 0 unspecified atom stereocenters. The van der Waals surface area contributed by atoms with Crippen molar-refractivity contribution in [3.8, 4) is 11.3 Å². The van der Waals surface area contributed by atoms with Gasteiger partial charge in [-0.05, 0) is 43.0 Å². The topological polar surface area (TPSA) is 55.1 Å². The van der Waals surface area contributed by atoms with E-state index < -0.39 is 0 Å². The molecular weight excluding hydrogens is 327 g/mol. The Kier molecular flexibility index (Phi) is 5.91. The predicted octanol–water partition coefficient (Wildman–Crippen LogP) is 4.27. The zero-order valence-electron chi connectivity index (χ0n) is 13.5. The molecule has 0 saturated heterocycles. The Morgan fingerprint density at radius 1 is 1.25 bits per heavy atom. The first-order valence-corrected chi connectivity index (χ1v) is 9.30. The number of hydrogen-bond acceptors (Lipinski definition) is 4. The minimum atomic E-state index is -0.289. The second-order valence-electron chi connectivity index (χ2n) is 6.09. The van der Waals surface area contributed by atoms with Gasteiger partial charge in [0.2, 0.25) is 5.91 Å². The molecule has 0 atom stereocenters. The molecule has 0 bridgehead atoms. The van der Waals surface area contributed by atoms with Crippen molar-refractivity contribution in [1.29, 1.82) is 0 Å². The molecule has 24 heavy (non-hydrogen) atoms. The lowest BCUT2D eigenvalue weighted by atomic mass is 9.89. The van der Waals surface area contributed by atoms with Crippen molar-refractivity contribution < 1.29 is 13.6 Å². The molecule has 1 aromatic heterocycles. The van der Waals surface area contributed by atoms with Crippen LogP contribution in [0.4, 0.5) is 4.39 Å². The first-order chi connectivity index (χ1) is 11.7. The first-order valence-electron chi connectivity index (χ1n) is 8.32. The van der Waals surface area contributed by atoms with Crippen LogP contribution in [0.2, 0.25) is 0 Å². The van der Waals surface area contributed by atoms with E-state index in [2.05, 4.69) is 10.3 Å². The van der Waals surface area contributed by atoms with Crippen molar-refractivity contribution >= 4 is 17.7 Å². The van der Waals surface area contributed by atoms with Crippen molar-refractivity contribution in [2.75, 3.05) is 12.3 Å². The highest BCUT2D eigenvalue weighted by molar-refractivity contribution is 7.99. The van der Waals surface area contributed by atoms with Crippen molar-refractivity contribution in [3.05, 3.63) is 36.3 Å². The number of nitrogens with one attached hydrogen (secondary N) is 1. The van der Waals surface area contributed by atoms with Crippen LogP contribution in [-0.2, 0) is 4.79 Å². The van der Waals surface area contributed by atoms with E-state index in [1.54, 1.807) is 18.3 Å². The number of amides is 1. The molecule has 1 fully saturated rings. The molecule has 3 rings (SSSR count). The maximum absolute atomic E-state index is 12.9. The standard InChI is InChI=1S/C18H21FN2O2S/c19-15-8-6-14(7-9-15)16-11-21-18(23-16)24-12-17(22)20-10-13-4-2-1-3-5-13/h6-9,11,13H,1-5,10,12H2,(H,20,22). The number of nitrogens with zero attached hydrogens (tertiary/aromatic N) is 1. The Labute approximate surface area is 145 Å². The summed E-state index contributed by atoms with van der Waals surface area (Å²) < 4.78 is 18.5. The molecule has 1 saturated carbocycles. The highest BCUT2D eigenvalue weighted by Gasteiger charge is 2.15. The summed E-state index contributed by atoms with van der Waals surface area (Å²) in [5, 5.41) is 3.44. The number of rotatable bonds is 6. The highest BCUT2D eigenvalue weighted by Crippen LogP contribution is 2.26. The summed E-state index contributed by atoms with van der Waals surface area (Å²) in [6.07, 6.45) is 7.90. The minimum absolute atomic E-state index is 0.00658. The average molecular weight is 348 g/mol. The van der Waals surface area contributed by atoms with Gasteiger partial charge in [0.1, 0.15) is 5.82 Å². The van der Waals surface area contributed by atoms with E-state index in [0.29, 0.717) is 16.9 Å². The lowest BCUT2D eigenvalue weighted by Crippen LogP contribution is -2.31. The highest BCUT2D eigenvalue weighted by atomic mass is 32.2. The molecule has 0 radical (unpaired) electrons. The van der Waals surface area contributed by atoms with Crippen LogP contribution >= 0.6 is 11.8 Å². The molecule has 128 valence electrons. The van der Waals surface area contributed by atoms with Crippen LogP contribution in [-0.4, -0.2) is 23.2 Å². The van der Waals surface area contributed by atoms with Gasteiger partial charge in [-0.3, -0.25) is 4.79 Å². The summed E-state index contributed by atoms with van der Waals surface area (Å²) in [4.78, 5) is 16.1. The number of aromatic nitrogens is 1. The molecule has 1 aliphatic carbocycles. The summed E-state index contributed by atoms with van der Waals surface area (Å²) >= 11 is 1.27. The Morgan fingerprint density at radius 2 is 2.00 bits per heavy atom. The number of thioether (sulfide) groups is 1. The van der Waals surface area contributed by atoms with Gasteiger partial charge in [0.15, 0.2) is 5.76 Å². The van der Waals surface area contributed by atoms with Crippen molar-refractivity contribution in [2.24, 2.45) is 5.92 Å². The van der Waals surface area contributed by atoms with Crippen molar-refractivity contribution in [1.82, 2.24) is 10.3 Å². The van der Waals surface area contributed by atoms with Gasteiger partial charge in [0, 0.05) is 12.1 Å². The summed E-state index contributed by atoms with van der Waals surface area (Å²) in [6, 6.07) is 6.04. The maximum Gasteiger partial charge on any atom is 0.256 e. The van der Waals surface area contributed by atoms with Crippen LogP contribution in [0.3, 0.4) is 0 Å². The van der Waals surface area contributed by atoms with Gasteiger partial charge in [-0.2, -0.15) is 0 Å². The summed E-state index contributed by atoms with van der Waals surface area (Å²) in [5.74, 6) is 1.20. The third kappa shape index (κ3) is 4.84. The van der Waals surface area contributed by atoms with Crippen molar-refractivity contribution in [2.45, 2.75) is 37.3 Å². The third-order valence-corrected chi connectivity index (χ3v) is 5.09. The second-order valence-corrected chi connectivity index (χ2v) is 7.02. The fourth-order valence-electron chi connectivity index (χ4n) is 2.90. The van der Waals surface area contributed by atoms with E-state index in [1.165, 1.54) is 56.0 Å². The predicted molar refractivity (Wildman–Crippen MR) is 92.2 cm³/mol. The fraction of sp³-hybridized carbons (Fsp3) is 0.444. The fourth-order valence-corrected chi connectivity index (χ4v) is 3.53. The van der Waals surface area contributed by atoms with Gasteiger partial charge >= 0.3 is 0 Å². The Morgan fingerprint density at radius 3 is 2.75 bits per heavy atom. The lowest BCUT2D eigenvalue weighted by Gasteiger charge is -2.21. The van der Waals surface area contributed by atoms with E-state index in [9.17, 15) is 9.18 Å². The Balaban J connectivity index is 1.44. The van der Waals surface area contributed by atoms with Crippen molar-refractivity contribution in [3.63, 3.8) is 0 Å². The summed E-state index contributed by atoms with van der Waals surface area (Å²) in [6.45, 7) is 0.770. The molecular formula is C18H21FN2O2S. The molecule has 4 nitrogen and oxygen atoms in total. The number of oxazole rings is 1. The number of benzene rings is 1. The van der Waals surface area contributed by atoms with Gasteiger partial charge in [0.05, 0.1) is 11.9 Å². The third-order valence-electron chi connectivity index (χ3n) is 4.25. The second kappa shape index (κ2) is 8.33. The van der Waals surface area contributed by atoms with E-state index >= 15 is 0 Å². The number of halogens is 1. The van der Waals surface area contributed by atoms with E-state index in [1.807, 2.05) is 0 Å². The SMILES string of the molecule is O=C(CSc1ncc(-c2ccc(F)cc2)o1)NCC1CCCCC1. The molecule has 1 N–H and O–H groups in total. The lowest BCUT2D eigenvalue weighted by molar-refractivity contribution is -0.118. The molecule has 2 aromatic rings. The quantitative estimate of drug-likeness (QED) is 0.792. The molecule has 1 aromatic carbocycles. The van der Waals surface area contributed by atoms with Gasteiger partial charge in [-0.1, -0.05) is 31.0 Å². The maximum atomic E-state index is 12.9. The van der Waals surface area contributed by atoms with Crippen LogP contribution in [0.25, 0.3) is 11.3 Å². The van der Waals surface area contributed by atoms with E-state index in [4.69, 9.17) is 4.42 Å². The smallest absolute Gasteiger partial charge is 0.256 e. The van der Waals surface area contributed by atoms with Gasteiger partial charge in [0.25, 0.3) is 5.22 Å². The summed E-state index contributed by atoms with van der Waals surface area (Å²) in [5.41, 5.74) is 0.762. The van der Waals surface area contributed by atoms with Gasteiger partial charge in [-0.15, -0.1) is 0 Å². The summed E-state index contributed by atoms with van der Waals surface area (Å²) in [7, 11) is 0. The van der Waals surface area contributed by atoms with Crippen LogP contribution in [0.15, 0.2) is 40.1 Å². The van der Waals surface area contributed by atoms with Crippen LogP contribution < -0.4 is 5.32 Å². The number of carbonyl (C=O) groups excluding carboxylic acids is 1. The van der Waals surface area contributed by atoms with Gasteiger partial charge in [-0.25, -0.2) is 9.37 Å². The minimum Gasteiger partial charge on any atom is -0.431 e. The number of carbonyl (C=O) groups is 1. The molecule has 0 spiro atoms. The van der Waals surface area contributed by atoms with E-state index in [0.717, 1.165) is 12.1 Å². The van der Waals surface area contributed by atoms with E-state index in [-0.39, 0.29) is 17.5 Å². The molecule has 0 aliphatic heterocycles. The van der Waals surface area contributed by atoms with Crippen LogP contribution in [0.1, 0.15) is 32.1 Å². The zero-order valence-corrected chi connectivity index (χ0v) is 14.3. The molecule has 1 heterocycles. The van der Waals surface area contributed by atoms with Gasteiger partial charge < -0.3 is 9.73 Å².